The van der Waals surface area contributed by atoms with Gasteiger partial charge >= 0.3 is 0 Å². The maximum Gasteiger partial charge on any atom is 0.138 e. The van der Waals surface area contributed by atoms with Gasteiger partial charge in [0.05, 0.1) is 12.2 Å². The van der Waals surface area contributed by atoms with Gasteiger partial charge in [0, 0.05) is 24.6 Å². The van der Waals surface area contributed by atoms with Crippen LogP contribution < -0.4 is 5.32 Å². The second-order valence-electron chi connectivity index (χ2n) is 4.37. The summed E-state index contributed by atoms with van der Waals surface area (Å²) in [4.78, 5) is 8.27. The molecule has 0 aliphatic rings. The molecule has 0 radical (unpaired) electrons. The monoisotopic (exact) mass is 268 g/mol. The molecule has 0 bridgehead atoms. The van der Waals surface area contributed by atoms with E-state index in [4.69, 9.17) is 0 Å². The fraction of sp³-hybridized carbons (Fsp3) is 0.214. The maximum atomic E-state index is 4.34. The molecule has 0 saturated carbocycles. The fourth-order valence-electron chi connectivity index (χ4n) is 2.05. The van der Waals surface area contributed by atoms with Crippen molar-refractivity contribution in [1.82, 2.24) is 24.3 Å². The van der Waals surface area contributed by atoms with Crippen LogP contribution in [0.4, 0.5) is 5.69 Å². The molecule has 2 heterocycles. The molecule has 0 fully saturated rings. The van der Waals surface area contributed by atoms with E-state index < -0.39 is 0 Å². The van der Waals surface area contributed by atoms with Crippen molar-refractivity contribution in [2.75, 3.05) is 5.32 Å². The number of aromatic nitrogens is 5. The number of aryl methyl sites for hydroxylation is 1. The van der Waals surface area contributed by atoms with Crippen LogP contribution >= 0.6 is 0 Å². The molecule has 0 atom stereocenters. The van der Waals surface area contributed by atoms with Gasteiger partial charge in [-0.15, -0.1) is 0 Å². The molecule has 2 aromatic heterocycles. The molecule has 20 heavy (non-hydrogen) atoms. The van der Waals surface area contributed by atoms with Crippen LogP contribution in [0.5, 0.6) is 0 Å². The molecule has 6 heteroatoms. The number of nitrogens with zero attached hydrogens (tertiary/aromatic N) is 5. The van der Waals surface area contributed by atoms with Crippen molar-refractivity contribution < 1.29 is 0 Å². The highest BCUT2D eigenvalue weighted by atomic mass is 15.3. The quantitative estimate of drug-likeness (QED) is 0.769. The van der Waals surface area contributed by atoms with Gasteiger partial charge in [-0.1, -0.05) is 0 Å². The molecule has 0 saturated heterocycles. The van der Waals surface area contributed by atoms with Crippen molar-refractivity contribution in [1.29, 1.82) is 0 Å². The van der Waals surface area contributed by atoms with Gasteiger partial charge in [0.25, 0.3) is 0 Å². The maximum absolute atomic E-state index is 4.34. The summed E-state index contributed by atoms with van der Waals surface area (Å²) in [5.41, 5.74) is 2.04. The normalized spacial score (nSPS) is 10.7. The molecular weight excluding hydrogens is 252 g/mol. The van der Waals surface area contributed by atoms with Crippen LogP contribution in [0, 0.1) is 0 Å². The molecule has 3 rings (SSSR count). The predicted molar refractivity (Wildman–Crippen MR) is 76.6 cm³/mol. The zero-order valence-electron chi connectivity index (χ0n) is 11.3. The second kappa shape index (κ2) is 5.56. The van der Waals surface area contributed by atoms with Gasteiger partial charge in [-0.05, 0) is 31.2 Å². The molecule has 1 aromatic carbocycles. The van der Waals surface area contributed by atoms with Crippen LogP contribution in [0.25, 0.3) is 5.69 Å². The summed E-state index contributed by atoms with van der Waals surface area (Å²) in [6, 6.07) is 8.05. The Labute approximate surface area is 117 Å². The van der Waals surface area contributed by atoms with Crippen LogP contribution in [0.15, 0.2) is 49.3 Å². The molecule has 0 aliphatic heterocycles. The van der Waals surface area contributed by atoms with E-state index in [1.165, 1.54) is 6.33 Å². The number of imidazole rings is 1. The molecule has 6 nitrogen and oxygen atoms in total. The topological polar surface area (TPSA) is 60.6 Å². The lowest BCUT2D eigenvalue weighted by molar-refractivity contribution is 0.708. The van der Waals surface area contributed by atoms with Gasteiger partial charge in [0.2, 0.25) is 0 Å². The first-order valence-corrected chi connectivity index (χ1v) is 6.56. The van der Waals surface area contributed by atoms with Gasteiger partial charge < -0.3 is 9.88 Å². The second-order valence-corrected chi connectivity index (χ2v) is 4.37. The summed E-state index contributed by atoms with van der Waals surface area (Å²) in [5.74, 6) is 1.04. The zero-order chi connectivity index (χ0) is 13.8. The summed E-state index contributed by atoms with van der Waals surface area (Å²) < 4.78 is 3.85. The Morgan fingerprint density at radius 1 is 1.20 bits per heavy atom. The number of anilines is 1. The summed E-state index contributed by atoms with van der Waals surface area (Å²) in [7, 11) is 0. The lowest BCUT2D eigenvalue weighted by atomic mass is 10.3. The average molecular weight is 268 g/mol. The smallest absolute Gasteiger partial charge is 0.138 e. The van der Waals surface area contributed by atoms with Crippen LogP contribution in [0.3, 0.4) is 0 Å². The molecule has 0 amide bonds. The van der Waals surface area contributed by atoms with Crippen LogP contribution in [-0.4, -0.2) is 24.3 Å². The largest absolute Gasteiger partial charge is 0.378 e. The van der Waals surface area contributed by atoms with Crippen molar-refractivity contribution in [2.45, 2.75) is 20.0 Å². The third kappa shape index (κ3) is 2.54. The minimum atomic E-state index is 0.712. The van der Waals surface area contributed by atoms with Crippen molar-refractivity contribution >= 4 is 5.69 Å². The minimum Gasteiger partial charge on any atom is -0.378 e. The minimum absolute atomic E-state index is 0.712. The molecule has 102 valence electrons. The highest BCUT2D eigenvalue weighted by molar-refractivity contribution is 5.48. The third-order valence-electron chi connectivity index (χ3n) is 3.14. The highest BCUT2D eigenvalue weighted by Crippen LogP contribution is 2.13. The summed E-state index contributed by atoms with van der Waals surface area (Å²) in [5, 5.41) is 7.46. The molecule has 3 aromatic rings. The van der Waals surface area contributed by atoms with E-state index in [0.29, 0.717) is 6.54 Å². The Morgan fingerprint density at radius 3 is 2.75 bits per heavy atom. The van der Waals surface area contributed by atoms with E-state index in [2.05, 4.69) is 31.9 Å². The predicted octanol–water partition coefficient (Wildman–Crippen LogP) is 2.10. The molecular formula is C14H16N6. The molecule has 0 spiro atoms. The summed E-state index contributed by atoms with van der Waals surface area (Å²) in [6.45, 7) is 3.75. The van der Waals surface area contributed by atoms with E-state index >= 15 is 0 Å². The van der Waals surface area contributed by atoms with E-state index in [0.717, 1.165) is 23.7 Å². The molecule has 1 N–H and O–H groups in total. The van der Waals surface area contributed by atoms with E-state index in [1.807, 2.05) is 36.7 Å². The standard InChI is InChI=1S/C14H16N6/c1-2-19-8-7-16-14(19)9-17-12-3-5-13(6-4-12)20-11-15-10-18-20/h3-8,10-11,17H,2,9H2,1H3. The van der Waals surface area contributed by atoms with E-state index in [1.54, 1.807) is 11.0 Å². The van der Waals surface area contributed by atoms with E-state index in [-0.39, 0.29) is 0 Å². The molecule has 0 unspecified atom stereocenters. The summed E-state index contributed by atoms with van der Waals surface area (Å²) >= 11 is 0. The zero-order valence-corrected chi connectivity index (χ0v) is 11.3. The van der Waals surface area contributed by atoms with Gasteiger partial charge in [0.1, 0.15) is 18.5 Å². The number of rotatable bonds is 5. The number of hydrogen-bond donors (Lipinski definition) is 1. The lowest BCUT2D eigenvalue weighted by Crippen LogP contribution is -2.07. The van der Waals surface area contributed by atoms with Gasteiger partial charge in [-0.25, -0.2) is 14.6 Å². The van der Waals surface area contributed by atoms with Crippen molar-refractivity contribution in [2.24, 2.45) is 0 Å². The van der Waals surface area contributed by atoms with Gasteiger partial charge in [-0.2, -0.15) is 5.10 Å². The Hall–Kier alpha value is -2.63. The number of nitrogens with one attached hydrogen (secondary N) is 1. The van der Waals surface area contributed by atoms with Crippen molar-refractivity contribution in [3.8, 4) is 5.69 Å². The van der Waals surface area contributed by atoms with Gasteiger partial charge in [-0.3, -0.25) is 0 Å². The SMILES string of the molecule is CCn1ccnc1CNc1ccc(-n2cncn2)cc1. The Morgan fingerprint density at radius 2 is 2.05 bits per heavy atom. The average Bonchev–Trinajstić information content (AvgIpc) is 3.16. The van der Waals surface area contributed by atoms with E-state index in [9.17, 15) is 0 Å². The van der Waals surface area contributed by atoms with Crippen LogP contribution in [-0.2, 0) is 13.1 Å². The Kier molecular flexibility index (Phi) is 3.45. The fourth-order valence-corrected chi connectivity index (χ4v) is 2.05. The van der Waals surface area contributed by atoms with Crippen molar-refractivity contribution in [3.63, 3.8) is 0 Å². The Bertz CT molecular complexity index is 653. The highest BCUT2D eigenvalue weighted by Gasteiger charge is 2.01. The first-order valence-electron chi connectivity index (χ1n) is 6.56. The van der Waals surface area contributed by atoms with Crippen LogP contribution in [0.2, 0.25) is 0 Å². The third-order valence-corrected chi connectivity index (χ3v) is 3.14. The van der Waals surface area contributed by atoms with Crippen molar-refractivity contribution in [3.05, 3.63) is 55.1 Å². The molecule has 0 aliphatic carbocycles. The number of benzene rings is 1. The first-order chi connectivity index (χ1) is 9.86. The Balaban J connectivity index is 1.67. The van der Waals surface area contributed by atoms with Crippen LogP contribution in [0.1, 0.15) is 12.7 Å². The van der Waals surface area contributed by atoms with Gasteiger partial charge in [0.15, 0.2) is 0 Å². The lowest BCUT2D eigenvalue weighted by Gasteiger charge is -2.08. The number of hydrogen-bond acceptors (Lipinski definition) is 4. The summed E-state index contributed by atoms with van der Waals surface area (Å²) in [6.07, 6.45) is 7.02. The first kappa shape index (κ1) is 12.4.